The van der Waals surface area contributed by atoms with Crippen LogP contribution in [-0.4, -0.2) is 12.6 Å². The van der Waals surface area contributed by atoms with Gasteiger partial charge in [0, 0.05) is 6.04 Å². The summed E-state index contributed by atoms with van der Waals surface area (Å²) < 4.78 is 0. The van der Waals surface area contributed by atoms with E-state index in [4.69, 9.17) is 5.26 Å². The molecule has 3 unspecified atom stereocenters. The molecule has 1 aliphatic carbocycles. The van der Waals surface area contributed by atoms with Gasteiger partial charge in [0.2, 0.25) is 0 Å². The van der Waals surface area contributed by atoms with Crippen LogP contribution in [-0.2, 0) is 0 Å². The van der Waals surface area contributed by atoms with E-state index < -0.39 is 0 Å². The third kappa shape index (κ3) is 4.53. The van der Waals surface area contributed by atoms with Gasteiger partial charge in [-0.25, -0.2) is 0 Å². The standard InChI is InChI=1S/C14H26N2/c1-3-12-6-5-7-13(10-12)11-16-14(4-2)8-9-15/h12-14,16H,3-8,10-11H2,1-2H3. The zero-order chi connectivity index (χ0) is 11.8. The Balaban J connectivity index is 2.23. The van der Waals surface area contributed by atoms with E-state index in [1.165, 1.54) is 32.1 Å². The molecule has 16 heavy (non-hydrogen) atoms. The summed E-state index contributed by atoms with van der Waals surface area (Å²) in [6, 6.07) is 2.67. The van der Waals surface area contributed by atoms with Crippen LogP contribution in [0.4, 0.5) is 0 Å². The lowest BCUT2D eigenvalue weighted by atomic mass is 9.80. The van der Waals surface area contributed by atoms with E-state index in [1.54, 1.807) is 0 Å². The van der Waals surface area contributed by atoms with Crippen LogP contribution in [0.3, 0.4) is 0 Å². The van der Waals surface area contributed by atoms with Gasteiger partial charge in [-0.3, -0.25) is 0 Å². The molecule has 0 aliphatic heterocycles. The lowest BCUT2D eigenvalue weighted by Gasteiger charge is -2.29. The number of hydrogen-bond acceptors (Lipinski definition) is 2. The molecule has 2 nitrogen and oxygen atoms in total. The predicted molar refractivity (Wildman–Crippen MR) is 68.1 cm³/mol. The van der Waals surface area contributed by atoms with E-state index in [2.05, 4.69) is 25.2 Å². The number of nitrogens with one attached hydrogen (secondary N) is 1. The largest absolute Gasteiger partial charge is 0.313 e. The zero-order valence-electron chi connectivity index (χ0n) is 10.8. The van der Waals surface area contributed by atoms with E-state index >= 15 is 0 Å². The van der Waals surface area contributed by atoms with Gasteiger partial charge in [0.15, 0.2) is 0 Å². The van der Waals surface area contributed by atoms with Gasteiger partial charge in [-0.05, 0) is 37.6 Å². The van der Waals surface area contributed by atoms with E-state index in [9.17, 15) is 0 Å². The number of hydrogen-bond donors (Lipinski definition) is 1. The van der Waals surface area contributed by atoms with Crippen LogP contribution in [0.25, 0.3) is 0 Å². The summed E-state index contributed by atoms with van der Waals surface area (Å²) in [6.45, 7) is 5.59. The van der Waals surface area contributed by atoms with Crippen molar-refractivity contribution in [3.63, 3.8) is 0 Å². The van der Waals surface area contributed by atoms with Crippen molar-refractivity contribution in [2.75, 3.05) is 6.54 Å². The Morgan fingerprint density at radius 3 is 2.69 bits per heavy atom. The predicted octanol–water partition coefficient (Wildman–Crippen LogP) is 3.48. The number of rotatable bonds is 6. The minimum Gasteiger partial charge on any atom is -0.313 e. The van der Waals surface area contributed by atoms with Gasteiger partial charge in [0.1, 0.15) is 0 Å². The fourth-order valence-electron chi connectivity index (χ4n) is 2.76. The number of nitriles is 1. The molecular formula is C14H26N2. The third-order valence-electron chi connectivity index (χ3n) is 3.99. The van der Waals surface area contributed by atoms with Crippen molar-refractivity contribution in [2.45, 2.75) is 64.8 Å². The summed E-state index contributed by atoms with van der Waals surface area (Å²) in [5.41, 5.74) is 0. The molecule has 0 aromatic heterocycles. The minimum atomic E-state index is 0.409. The highest BCUT2D eigenvalue weighted by Crippen LogP contribution is 2.30. The van der Waals surface area contributed by atoms with E-state index in [-0.39, 0.29) is 0 Å². The molecule has 0 saturated heterocycles. The minimum absolute atomic E-state index is 0.409. The summed E-state index contributed by atoms with van der Waals surface area (Å²) >= 11 is 0. The van der Waals surface area contributed by atoms with Crippen LogP contribution < -0.4 is 5.32 Å². The van der Waals surface area contributed by atoms with Crippen LogP contribution >= 0.6 is 0 Å². The Labute approximate surface area is 100 Å². The first-order chi connectivity index (χ1) is 7.80. The highest BCUT2D eigenvalue weighted by molar-refractivity contribution is 4.81. The Morgan fingerprint density at radius 2 is 2.06 bits per heavy atom. The second kappa shape index (κ2) is 7.68. The molecule has 0 amide bonds. The number of nitrogens with zero attached hydrogens (tertiary/aromatic N) is 1. The molecule has 2 heteroatoms. The molecular weight excluding hydrogens is 196 g/mol. The lowest BCUT2D eigenvalue weighted by Crippen LogP contribution is -2.34. The van der Waals surface area contributed by atoms with Crippen LogP contribution in [0.1, 0.15) is 58.8 Å². The molecule has 0 aromatic rings. The van der Waals surface area contributed by atoms with Crippen molar-refractivity contribution in [1.29, 1.82) is 5.26 Å². The van der Waals surface area contributed by atoms with Gasteiger partial charge in [0.25, 0.3) is 0 Å². The molecule has 1 fully saturated rings. The summed E-state index contributed by atoms with van der Waals surface area (Å²) in [4.78, 5) is 0. The van der Waals surface area contributed by atoms with Crippen LogP contribution in [0.5, 0.6) is 0 Å². The smallest absolute Gasteiger partial charge is 0.0638 e. The van der Waals surface area contributed by atoms with Crippen LogP contribution in [0, 0.1) is 23.2 Å². The van der Waals surface area contributed by atoms with E-state index in [0.717, 1.165) is 24.8 Å². The van der Waals surface area contributed by atoms with Crippen LogP contribution in [0.15, 0.2) is 0 Å². The van der Waals surface area contributed by atoms with Gasteiger partial charge in [-0.2, -0.15) is 5.26 Å². The zero-order valence-corrected chi connectivity index (χ0v) is 10.8. The molecule has 0 heterocycles. The Bertz CT molecular complexity index is 219. The highest BCUT2D eigenvalue weighted by atomic mass is 14.9. The van der Waals surface area contributed by atoms with Crippen LogP contribution in [0.2, 0.25) is 0 Å². The maximum atomic E-state index is 8.69. The quantitative estimate of drug-likeness (QED) is 0.747. The molecule has 1 aliphatic rings. The molecule has 0 bridgehead atoms. The monoisotopic (exact) mass is 222 g/mol. The third-order valence-corrected chi connectivity index (χ3v) is 3.99. The van der Waals surface area contributed by atoms with E-state index in [0.29, 0.717) is 12.5 Å². The Kier molecular flexibility index (Phi) is 6.49. The normalized spacial score (nSPS) is 27.3. The fourth-order valence-corrected chi connectivity index (χ4v) is 2.76. The van der Waals surface area contributed by atoms with Gasteiger partial charge < -0.3 is 5.32 Å². The molecule has 3 atom stereocenters. The van der Waals surface area contributed by atoms with Crippen molar-refractivity contribution in [2.24, 2.45) is 11.8 Å². The first kappa shape index (κ1) is 13.5. The van der Waals surface area contributed by atoms with Crippen molar-refractivity contribution in [1.82, 2.24) is 5.32 Å². The Hall–Kier alpha value is -0.550. The fraction of sp³-hybridized carbons (Fsp3) is 0.929. The molecule has 0 spiro atoms. The molecule has 0 aromatic carbocycles. The lowest BCUT2D eigenvalue weighted by molar-refractivity contribution is 0.247. The maximum Gasteiger partial charge on any atom is 0.0638 e. The Morgan fingerprint density at radius 1 is 1.31 bits per heavy atom. The summed E-state index contributed by atoms with van der Waals surface area (Å²) in [6.07, 6.45) is 8.67. The van der Waals surface area contributed by atoms with Crippen molar-refractivity contribution >= 4 is 0 Å². The second-order valence-electron chi connectivity index (χ2n) is 5.18. The SMILES string of the molecule is CCC1CCCC(CNC(CC)CC#N)C1. The first-order valence-corrected chi connectivity index (χ1v) is 6.90. The maximum absolute atomic E-state index is 8.69. The first-order valence-electron chi connectivity index (χ1n) is 6.90. The van der Waals surface area contributed by atoms with Gasteiger partial charge in [-0.15, -0.1) is 0 Å². The molecule has 92 valence electrons. The van der Waals surface area contributed by atoms with Crippen molar-refractivity contribution in [3.8, 4) is 6.07 Å². The van der Waals surface area contributed by atoms with Crippen molar-refractivity contribution < 1.29 is 0 Å². The average Bonchev–Trinajstić information content (AvgIpc) is 2.34. The molecule has 1 saturated carbocycles. The summed E-state index contributed by atoms with van der Waals surface area (Å²) in [5, 5.41) is 12.3. The summed E-state index contributed by atoms with van der Waals surface area (Å²) in [7, 11) is 0. The topological polar surface area (TPSA) is 35.8 Å². The van der Waals surface area contributed by atoms with E-state index in [1.807, 2.05) is 0 Å². The van der Waals surface area contributed by atoms with Gasteiger partial charge >= 0.3 is 0 Å². The second-order valence-corrected chi connectivity index (χ2v) is 5.18. The average molecular weight is 222 g/mol. The van der Waals surface area contributed by atoms with Crippen molar-refractivity contribution in [3.05, 3.63) is 0 Å². The molecule has 0 radical (unpaired) electrons. The summed E-state index contributed by atoms with van der Waals surface area (Å²) in [5.74, 6) is 1.81. The molecule has 1 N–H and O–H groups in total. The van der Waals surface area contributed by atoms with Gasteiger partial charge in [0.05, 0.1) is 12.5 Å². The van der Waals surface area contributed by atoms with Gasteiger partial charge in [-0.1, -0.05) is 33.1 Å². The highest BCUT2D eigenvalue weighted by Gasteiger charge is 2.21. The molecule has 1 rings (SSSR count).